The summed E-state index contributed by atoms with van der Waals surface area (Å²) in [5.74, 6) is 1.04. The van der Waals surface area contributed by atoms with Gasteiger partial charge in [0.1, 0.15) is 6.10 Å². The Labute approximate surface area is 148 Å². The predicted molar refractivity (Wildman–Crippen MR) is 98.5 cm³/mol. The van der Waals surface area contributed by atoms with E-state index in [0.29, 0.717) is 11.3 Å². The molecule has 0 heterocycles. The Morgan fingerprint density at radius 2 is 1.67 bits per heavy atom. The fraction of sp³-hybridized carbons (Fsp3) is 0.950. The topological polar surface area (TPSA) is 75.3 Å². The quantitative estimate of drug-likeness (QED) is 0.719. The Kier molecular flexibility index (Phi) is 7.11. The Morgan fingerprint density at radius 3 is 2.21 bits per heavy atom. The molecule has 2 aliphatic rings. The minimum atomic E-state index is -1.06. The Bertz CT molecular complexity index is 391. The van der Waals surface area contributed by atoms with Gasteiger partial charge in [-0.25, -0.2) is 0 Å². The maximum atomic E-state index is 12.3. The minimum absolute atomic E-state index is 0.202. The molecule has 1 amide bonds. The van der Waals surface area contributed by atoms with Gasteiger partial charge in [0.25, 0.3) is 5.91 Å². The van der Waals surface area contributed by atoms with Gasteiger partial charge in [-0.05, 0) is 49.4 Å². The summed E-state index contributed by atoms with van der Waals surface area (Å²) in [5.41, 5.74) is 6.47. The molecule has 0 aromatic rings. The number of rotatable bonds is 5. The summed E-state index contributed by atoms with van der Waals surface area (Å²) in [5, 5.41) is 13.3. The number of hydrogen-bond acceptors (Lipinski definition) is 3. The van der Waals surface area contributed by atoms with Crippen molar-refractivity contribution >= 4 is 5.91 Å². The molecule has 0 radical (unpaired) electrons. The molecule has 2 aliphatic carbocycles. The molecule has 2 atom stereocenters. The maximum Gasteiger partial charge on any atom is 0.250 e. The standard InChI is InChI=1S/C20H38N2O2/c1-20(2,3)15-9-11-16(12-10-15)22-19(24)18(23)17(21)13-14-7-5-4-6-8-14/h14-18,23H,4-13,21H2,1-3H3,(H,22,24). The van der Waals surface area contributed by atoms with Gasteiger partial charge in [-0.15, -0.1) is 0 Å². The van der Waals surface area contributed by atoms with Crippen molar-refractivity contribution in [1.82, 2.24) is 5.32 Å². The minimum Gasteiger partial charge on any atom is -0.382 e. The van der Waals surface area contributed by atoms with Crippen LogP contribution in [0.5, 0.6) is 0 Å². The number of nitrogens with one attached hydrogen (secondary N) is 1. The average Bonchev–Trinajstić information content (AvgIpc) is 2.54. The number of carbonyl (C=O) groups excluding carboxylic acids is 1. The third-order valence-electron chi connectivity index (χ3n) is 6.30. The second-order valence-corrected chi connectivity index (χ2v) is 9.27. The van der Waals surface area contributed by atoms with E-state index in [9.17, 15) is 9.90 Å². The summed E-state index contributed by atoms with van der Waals surface area (Å²) < 4.78 is 0. The van der Waals surface area contributed by atoms with Crippen LogP contribution in [0.4, 0.5) is 0 Å². The molecule has 24 heavy (non-hydrogen) atoms. The zero-order chi connectivity index (χ0) is 17.7. The summed E-state index contributed by atoms with van der Waals surface area (Å²) in [7, 11) is 0. The highest BCUT2D eigenvalue weighted by atomic mass is 16.3. The summed E-state index contributed by atoms with van der Waals surface area (Å²) >= 11 is 0. The van der Waals surface area contributed by atoms with E-state index in [-0.39, 0.29) is 11.9 Å². The first-order valence-electron chi connectivity index (χ1n) is 10.0. The molecule has 4 N–H and O–H groups in total. The van der Waals surface area contributed by atoms with E-state index >= 15 is 0 Å². The number of carbonyl (C=O) groups is 1. The normalized spacial score (nSPS) is 29.0. The van der Waals surface area contributed by atoms with E-state index in [1.54, 1.807) is 0 Å². The van der Waals surface area contributed by atoms with Crippen molar-refractivity contribution in [1.29, 1.82) is 0 Å². The van der Waals surface area contributed by atoms with Crippen LogP contribution >= 0.6 is 0 Å². The van der Waals surface area contributed by atoms with Gasteiger partial charge in [0.2, 0.25) is 0 Å². The van der Waals surface area contributed by atoms with Crippen LogP contribution in [0.25, 0.3) is 0 Å². The van der Waals surface area contributed by atoms with Gasteiger partial charge in [0.05, 0.1) is 0 Å². The van der Waals surface area contributed by atoms with Crippen molar-refractivity contribution in [3.8, 4) is 0 Å². The highest BCUT2D eigenvalue weighted by molar-refractivity contribution is 5.81. The van der Waals surface area contributed by atoms with Crippen LogP contribution in [0.15, 0.2) is 0 Å². The molecule has 4 heteroatoms. The van der Waals surface area contributed by atoms with E-state index in [0.717, 1.165) is 38.0 Å². The van der Waals surface area contributed by atoms with Gasteiger partial charge in [0, 0.05) is 12.1 Å². The van der Waals surface area contributed by atoms with Crippen LogP contribution in [0, 0.1) is 17.3 Å². The monoisotopic (exact) mass is 338 g/mol. The van der Waals surface area contributed by atoms with Crippen LogP contribution in [-0.2, 0) is 4.79 Å². The van der Waals surface area contributed by atoms with Gasteiger partial charge < -0.3 is 16.2 Å². The highest BCUT2D eigenvalue weighted by Crippen LogP contribution is 2.37. The number of hydrogen-bond donors (Lipinski definition) is 3. The van der Waals surface area contributed by atoms with Gasteiger partial charge >= 0.3 is 0 Å². The van der Waals surface area contributed by atoms with Crippen molar-refractivity contribution < 1.29 is 9.90 Å². The molecule has 140 valence electrons. The largest absolute Gasteiger partial charge is 0.382 e. The van der Waals surface area contributed by atoms with Crippen LogP contribution in [0.3, 0.4) is 0 Å². The molecule has 0 bridgehead atoms. The first-order valence-corrected chi connectivity index (χ1v) is 10.0. The summed E-state index contributed by atoms with van der Waals surface area (Å²) in [6, 6.07) is -0.230. The second kappa shape index (κ2) is 8.66. The lowest BCUT2D eigenvalue weighted by atomic mass is 9.71. The lowest BCUT2D eigenvalue weighted by Gasteiger charge is -2.37. The summed E-state index contributed by atoms with van der Waals surface area (Å²) in [6.07, 6.45) is 10.3. The smallest absolute Gasteiger partial charge is 0.250 e. The molecule has 0 aliphatic heterocycles. The van der Waals surface area contributed by atoms with Crippen molar-refractivity contribution in [2.24, 2.45) is 23.0 Å². The number of aliphatic hydroxyl groups excluding tert-OH is 1. The molecule has 0 spiro atoms. The number of amides is 1. The zero-order valence-electron chi connectivity index (χ0n) is 15.9. The molecular weight excluding hydrogens is 300 g/mol. The Hall–Kier alpha value is -0.610. The predicted octanol–water partition coefficient (Wildman–Crippen LogP) is 3.37. The molecule has 0 aromatic carbocycles. The van der Waals surface area contributed by atoms with Gasteiger partial charge in [0.15, 0.2) is 0 Å². The van der Waals surface area contributed by atoms with Crippen molar-refractivity contribution in [2.45, 2.75) is 103 Å². The fourth-order valence-corrected chi connectivity index (χ4v) is 4.52. The lowest BCUT2D eigenvalue weighted by Crippen LogP contribution is -2.50. The molecule has 2 rings (SSSR count). The second-order valence-electron chi connectivity index (χ2n) is 9.27. The van der Waals surface area contributed by atoms with Gasteiger partial charge in [-0.2, -0.15) is 0 Å². The van der Waals surface area contributed by atoms with E-state index in [2.05, 4.69) is 26.1 Å². The third kappa shape index (κ3) is 5.73. The molecule has 0 saturated heterocycles. The first-order chi connectivity index (χ1) is 11.3. The zero-order valence-corrected chi connectivity index (χ0v) is 15.9. The fourth-order valence-electron chi connectivity index (χ4n) is 4.52. The van der Waals surface area contributed by atoms with E-state index in [1.165, 1.54) is 32.1 Å². The molecular formula is C20H38N2O2. The average molecular weight is 339 g/mol. The molecule has 4 nitrogen and oxygen atoms in total. The van der Waals surface area contributed by atoms with Gasteiger partial charge in [-0.3, -0.25) is 4.79 Å². The Morgan fingerprint density at radius 1 is 1.08 bits per heavy atom. The molecule has 2 unspecified atom stereocenters. The van der Waals surface area contributed by atoms with Crippen molar-refractivity contribution in [2.75, 3.05) is 0 Å². The van der Waals surface area contributed by atoms with Gasteiger partial charge in [-0.1, -0.05) is 52.9 Å². The Balaban J connectivity index is 1.73. The van der Waals surface area contributed by atoms with Crippen LogP contribution < -0.4 is 11.1 Å². The summed E-state index contributed by atoms with van der Waals surface area (Å²) in [6.45, 7) is 6.89. The third-order valence-corrected chi connectivity index (χ3v) is 6.30. The van der Waals surface area contributed by atoms with Crippen molar-refractivity contribution in [3.05, 3.63) is 0 Å². The highest BCUT2D eigenvalue weighted by Gasteiger charge is 2.32. The SMILES string of the molecule is CC(C)(C)C1CCC(NC(=O)C(O)C(N)CC2CCCCC2)CC1. The van der Waals surface area contributed by atoms with E-state index < -0.39 is 12.1 Å². The molecule has 2 saturated carbocycles. The number of aliphatic hydroxyl groups is 1. The van der Waals surface area contributed by atoms with Crippen LogP contribution in [0.1, 0.15) is 85.0 Å². The van der Waals surface area contributed by atoms with E-state index in [1.807, 2.05) is 0 Å². The van der Waals surface area contributed by atoms with Crippen LogP contribution in [0.2, 0.25) is 0 Å². The van der Waals surface area contributed by atoms with Crippen molar-refractivity contribution in [3.63, 3.8) is 0 Å². The molecule has 2 fully saturated rings. The lowest BCUT2D eigenvalue weighted by molar-refractivity contribution is -0.131. The maximum absolute atomic E-state index is 12.3. The summed E-state index contributed by atoms with van der Waals surface area (Å²) in [4.78, 5) is 12.3. The van der Waals surface area contributed by atoms with E-state index in [4.69, 9.17) is 5.73 Å². The van der Waals surface area contributed by atoms with Crippen LogP contribution in [-0.4, -0.2) is 29.2 Å². The molecule has 0 aromatic heterocycles. The first kappa shape index (κ1) is 19.7. The number of nitrogens with two attached hydrogens (primary N) is 1.